The standard InChI is InChI=1S/C10H17N3O/c11-5-4-9-12-6-7-13(9)10(14)8-2-1-3-8/h8H,1-7,11H2. The molecule has 0 radical (unpaired) electrons. The van der Waals surface area contributed by atoms with E-state index >= 15 is 0 Å². The third-order valence-corrected chi connectivity index (χ3v) is 3.02. The Morgan fingerprint density at radius 1 is 1.57 bits per heavy atom. The molecule has 1 aliphatic carbocycles. The first-order chi connectivity index (χ1) is 6.83. The first-order valence-corrected chi connectivity index (χ1v) is 5.37. The lowest BCUT2D eigenvalue weighted by Gasteiger charge is -2.29. The lowest BCUT2D eigenvalue weighted by molar-refractivity contribution is -0.133. The Kier molecular flexibility index (Phi) is 2.82. The van der Waals surface area contributed by atoms with Gasteiger partial charge < -0.3 is 5.73 Å². The summed E-state index contributed by atoms with van der Waals surface area (Å²) >= 11 is 0. The van der Waals surface area contributed by atoms with E-state index in [9.17, 15) is 4.79 Å². The molecular formula is C10H17N3O. The molecule has 14 heavy (non-hydrogen) atoms. The third-order valence-electron chi connectivity index (χ3n) is 3.02. The van der Waals surface area contributed by atoms with E-state index in [1.165, 1.54) is 6.42 Å². The monoisotopic (exact) mass is 195 g/mol. The number of carbonyl (C=O) groups excluding carboxylic acids is 1. The van der Waals surface area contributed by atoms with Gasteiger partial charge in [-0.3, -0.25) is 14.7 Å². The van der Waals surface area contributed by atoms with Crippen molar-refractivity contribution in [3.63, 3.8) is 0 Å². The molecule has 2 N–H and O–H groups in total. The van der Waals surface area contributed by atoms with Gasteiger partial charge >= 0.3 is 0 Å². The topological polar surface area (TPSA) is 58.7 Å². The summed E-state index contributed by atoms with van der Waals surface area (Å²) in [5, 5.41) is 0. The van der Waals surface area contributed by atoms with Crippen molar-refractivity contribution in [2.75, 3.05) is 19.6 Å². The molecule has 2 aliphatic rings. The van der Waals surface area contributed by atoms with E-state index in [2.05, 4.69) is 4.99 Å². The molecule has 4 heteroatoms. The first kappa shape index (κ1) is 9.65. The zero-order valence-corrected chi connectivity index (χ0v) is 8.41. The first-order valence-electron chi connectivity index (χ1n) is 5.37. The fourth-order valence-corrected chi connectivity index (χ4v) is 1.95. The zero-order chi connectivity index (χ0) is 9.97. The number of nitrogens with zero attached hydrogens (tertiary/aromatic N) is 2. The highest BCUT2D eigenvalue weighted by Crippen LogP contribution is 2.29. The second-order valence-electron chi connectivity index (χ2n) is 3.95. The van der Waals surface area contributed by atoms with E-state index in [0.29, 0.717) is 6.54 Å². The molecule has 0 bridgehead atoms. The average Bonchev–Trinajstić information content (AvgIpc) is 2.49. The molecule has 0 spiro atoms. The van der Waals surface area contributed by atoms with Crippen LogP contribution in [0.1, 0.15) is 25.7 Å². The zero-order valence-electron chi connectivity index (χ0n) is 8.41. The number of hydrogen-bond acceptors (Lipinski definition) is 3. The third kappa shape index (κ3) is 1.66. The second-order valence-corrected chi connectivity index (χ2v) is 3.95. The van der Waals surface area contributed by atoms with Gasteiger partial charge in [0, 0.05) is 18.9 Å². The predicted octanol–water partition coefficient (Wildman–Crippen LogP) is 0.376. The van der Waals surface area contributed by atoms with Gasteiger partial charge in [0.15, 0.2) is 0 Å². The van der Waals surface area contributed by atoms with Crippen LogP contribution in [0.15, 0.2) is 4.99 Å². The van der Waals surface area contributed by atoms with Crippen molar-refractivity contribution < 1.29 is 4.79 Å². The van der Waals surface area contributed by atoms with Gasteiger partial charge in [-0.2, -0.15) is 0 Å². The van der Waals surface area contributed by atoms with Gasteiger partial charge in [-0.25, -0.2) is 0 Å². The van der Waals surface area contributed by atoms with Gasteiger partial charge in [0.2, 0.25) is 5.91 Å². The van der Waals surface area contributed by atoms with Crippen molar-refractivity contribution in [3.8, 4) is 0 Å². The highest BCUT2D eigenvalue weighted by atomic mass is 16.2. The van der Waals surface area contributed by atoms with Crippen molar-refractivity contribution in [1.82, 2.24) is 4.90 Å². The van der Waals surface area contributed by atoms with Crippen LogP contribution in [0.2, 0.25) is 0 Å². The number of amides is 1. The largest absolute Gasteiger partial charge is 0.330 e. The Balaban J connectivity index is 1.96. The average molecular weight is 195 g/mol. The maximum atomic E-state index is 11.9. The summed E-state index contributed by atoms with van der Waals surface area (Å²) in [5.74, 6) is 1.46. The highest BCUT2D eigenvalue weighted by Gasteiger charge is 2.32. The van der Waals surface area contributed by atoms with Crippen LogP contribution in [0, 0.1) is 5.92 Å². The van der Waals surface area contributed by atoms with Crippen molar-refractivity contribution in [3.05, 3.63) is 0 Å². The summed E-state index contributed by atoms with van der Waals surface area (Å²) in [6.07, 6.45) is 4.06. The van der Waals surface area contributed by atoms with Gasteiger partial charge in [0.1, 0.15) is 5.84 Å². The Hall–Kier alpha value is -0.900. The molecule has 0 aromatic carbocycles. The van der Waals surface area contributed by atoms with Crippen molar-refractivity contribution >= 4 is 11.7 Å². The van der Waals surface area contributed by atoms with E-state index in [1.807, 2.05) is 4.90 Å². The van der Waals surface area contributed by atoms with E-state index < -0.39 is 0 Å². The molecule has 0 saturated heterocycles. The predicted molar refractivity (Wildman–Crippen MR) is 55.0 cm³/mol. The second kappa shape index (κ2) is 4.09. The molecule has 0 atom stereocenters. The van der Waals surface area contributed by atoms with E-state index in [4.69, 9.17) is 5.73 Å². The van der Waals surface area contributed by atoms with Crippen LogP contribution in [0.4, 0.5) is 0 Å². The molecule has 2 rings (SSSR count). The molecular weight excluding hydrogens is 178 g/mol. The number of aliphatic imine (C=N–C) groups is 1. The summed E-state index contributed by atoms with van der Waals surface area (Å²) in [5.41, 5.74) is 5.47. The Morgan fingerprint density at radius 3 is 2.93 bits per heavy atom. The summed E-state index contributed by atoms with van der Waals surface area (Å²) < 4.78 is 0. The minimum Gasteiger partial charge on any atom is -0.330 e. The van der Waals surface area contributed by atoms with Crippen molar-refractivity contribution in [1.29, 1.82) is 0 Å². The molecule has 1 saturated carbocycles. The molecule has 4 nitrogen and oxygen atoms in total. The highest BCUT2D eigenvalue weighted by molar-refractivity contribution is 6.00. The number of amidine groups is 1. The van der Waals surface area contributed by atoms with Crippen LogP contribution in [0.5, 0.6) is 0 Å². The van der Waals surface area contributed by atoms with E-state index in [-0.39, 0.29) is 11.8 Å². The van der Waals surface area contributed by atoms with Crippen LogP contribution in [0.3, 0.4) is 0 Å². The van der Waals surface area contributed by atoms with Gasteiger partial charge in [0.05, 0.1) is 6.54 Å². The van der Waals surface area contributed by atoms with Crippen LogP contribution in [-0.2, 0) is 4.79 Å². The maximum absolute atomic E-state index is 11.9. The fraction of sp³-hybridized carbons (Fsp3) is 0.800. The number of rotatable bonds is 3. The molecule has 0 aromatic rings. The van der Waals surface area contributed by atoms with E-state index in [1.54, 1.807) is 0 Å². The minimum absolute atomic E-state index is 0.274. The summed E-state index contributed by atoms with van der Waals surface area (Å²) in [6, 6.07) is 0. The van der Waals surface area contributed by atoms with Crippen LogP contribution in [0.25, 0.3) is 0 Å². The van der Waals surface area contributed by atoms with Gasteiger partial charge in [-0.05, 0) is 19.4 Å². The fourth-order valence-electron chi connectivity index (χ4n) is 1.95. The summed E-state index contributed by atoms with van der Waals surface area (Å²) in [6.45, 7) is 2.10. The number of carbonyl (C=O) groups is 1. The van der Waals surface area contributed by atoms with Gasteiger partial charge in [-0.1, -0.05) is 6.42 Å². The maximum Gasteiger partial charge on any atom is 0.231 e. The minimum atomic E-state index is 0.274. The quantitative estimate of drug-likeness (QED) is 0.707. The Bertz CT molecular complexity index is 258. The molecule has 1 amide bonds. The molecule has 0 aromatic heterocycles. The SMILES string of the molecule is NCCC1=NCCN1C(=O)C1CCC1. The number of hydrogen-bond donors (Lipinski definition) is 1. The molecule has 0 unspecified atom stereocenters. The molecule has 1 heterocycles. The Morgan fingerprint density at radius 2 is 2.36 bits per heavy atom. The summed E-state index contributed by atoms with van der Waals surface area (Å²) in [7, 11) is 0. The molecule has 1 aliphatic heterocycles. The lowest BCUT2D eigenvalue weighted by Crippen LogP contribution is -2.41. The van der Waals surface area contributed by atoms with Crippen LogP contribution >= 0.6 is 0 Å². The summed E-state index contributed by atoms with van der Waals surface area (Å²) in [4.78, 5) is 18.1. The van der Waals surface area contributed by atoms with Crippen molar-refractivity contribution in [2.24, 2.45) is 16.6 Å². The molecule has 78 valence electrons. The lowest BCUT2D eigenvalue weighted by atomic mass is 9.84. The van der Waals surface area contributed by atoms with Gasteiger partial charge in [0.25, 0.3) is 0 Å². The van der Waals surface area contributed by atoms with E-state index in [0.717, 1.165) is 38.2 Å². The van der Waals surface area contributed by atoms with Crippen LogP contribution in [-0.4, -0.2) is 36.3 Å². The smallest absolute Gasteiger partial charge is 0.231 e. The molecule has 1 fully saturated rings. The van der Waals surface area contributed by atoms with Crippen LogP contribution < -0.4 is 5.73 Å². The Labute approximate surface area is 84.2 Å². The normalized spacial score (nSPS) is 22.1. The van der Waals surface area contributed by atoms with Crippen molar-refractivity contribution in [2.45, 2.75) is 25.7 Å². The van der Waals surface area contributed by atoms with Gasteiger partial charge in [-0.15, -0.1) is 0 Å². The number of nitrogens with two attached hydrogens (primary N) is 1.